The molecule has 0 aromatic heterocycles. The first-order valence-electron chi connectivity index (χ1n) is 5.07. The monoisotopic (exact) mass is 264 g/mol. The summed E-state index contributed by atoms with van der Waals surface area (Å²) in [6.07, 6.45) is 0.558. The van der Waals surface area contributed by atoms with Gasteiger partial charge in [-0.25, -0.2) is 21.9 Å². The van der Waals surface area contributed by atoms with Crippen LogP contribution >= 0.6 is 0 Å². The molecule has 0 saturated carbocycles. The predicted molar refractivity (Wildman–Crippen MR) is 59.8 cm³/mol. The van der Waals surface area contributed by atoms with E-state index in [0.29, 0.717) is 6.42 Å². The zero-order valence-corrected chi connectivity index (χ0v) is 10.1. The zero-order valence-electron chi connectivity index (χ0n) is 9.28. The van der Waals surface area contributed by atoms with Gasteiger partial charge in [0.2, 0.25) is 10.0 Å². The van der Waals surface area contributed by atoms with Crippen molar-refractivity contribution in [1.29, 1.82) is 0 Å². The summed E-state index contributed by atoms with van der Waals surface area (Å²) in [6, 6.07) is 2.48. The van der Waals surface area contributed by atoms with Gasteiger partial charge in [0, 0.05) is 12.6 Å². The highest BCUT2D eigenvalue weighted by atomic mass is 32.2. The smallest absolute Gasteiger partial charge is 0.246 e. The quantitative estimate of drug-likeness (QED) is 0.832. The second-order valence-corrected chi connectivity index (χ2v) is 5.27. The number of sulfonamides is 1. The molecule has 0 fully saturated rings. The van der Waals surface area contributed by atoms with E-state index in [1.54, 1.807) is 6.92 Å². The second-order valence-electron chi connectivity index (χ2n) is 3.57. The molecule has 4 nitrogen and oxygen atoms in total. The molecule has 0 spiro atoms. The van der Waals surface area contributed by atoms with Crippen molar-refractivity contribution in [1.82, 2.24) is 4.72 Å². The Morgan fingerprint density at radius 3 is 2.35 bits per heavy atom. The Hall–Kier alpha value is -1.05. The summed E-state index contributed by atoms with van der Waals surface area (Å²) < 4.78 is 51.9. The molecule has 1 unspecified atom stereocenters. The highest BCUT2D eigenvalue weighted by Crippen LogP contribution is 2.17. The Kier molecular flexibility index (Phi) is 4.55. The van der Waals surface area contributed by atoms with Crippen LogP contribution in [0.2, 0.25) is 0 Å². The van der Waals surface area contributed by atoms with Gasteiger partial charge in [0.1, 0.15) is 11.6 Å². The fourth-order valence-electron chi connectivity index (χ4n) is 1.17. The summed E-state index contributed by atoms with van der Waals surface area (Å²) >= 11 is 0. The van der Waals surface area contributed by atoms with Crippen molar-refractivity contribution in [2.75, 3.05) is 6.54 Å². The van der Waals surface area contributed by atoms with Crippen LogP contribution in [0.1, 0.15) is 13.3 Å². The lowest BCUT2D eigenvalue weighted by Crippen LogP contribution is -2.37. The lowest BCUT2D eigenvalue weighted by Gasteiger charge is -2.11. The summed E-state index contributed by atoms with van der Waals surface area (Å²) in [5, 5.41) is 0. The predicted octanol–water partition coefficient (Wildman–Crippen LogP) is 0.980. The number of nitrogens with one attached hydrogen (secondary N) is 1. The molecule has 0 amide bonds. The topological polar surface area (TPSA) is 72.2 Å². The van der Waals surface area contributed by atoms with Crippen LogP contribution in [0.25, 0.3) is 0 Å². The van der Waals surface area contributed by atoms with E-state index in [2.05, 4.69) is 4.72 Å². The van der Waals surface area contributed by atoms with Crippen molar-refractivity contribution in [3.05, 3.63) is 29.8 Å². The standard InChI is InChI=1S/C10H14F2N2O2S/c1-2-7(13)6-14-17(15,16)10-8(11)4-3-5-9(10)12/h3-5,7,14H,2,6,13H2,1H3. The first-order chi connectivity index (χ1) is 7.88. The van der Waals surface area contributed by atoms with Gasteiger partial charge >= 0.3 is 0 Å². The molecule has 17 heavy (non-hydrogen) atoms. The van der Waals surface area contributed by atoms with Crippen molar-refractivity contribution in [2.45, 2.75) is 24.3 Å². The first-order valence-corrected chi connectivity index (χ1v) is 6.56. The fraction of sp³-hybridized carbons (Fsp3) is 0.400. The van der Waals surface area contributed by atoms with E-state index in [1.807, 2.05) is 0 Å². The van der Waals surface area contributed by atoms with E-state index in [0.717, 1.165) is 18.2 Å². The van der Waals surface area contributed by atoms with Crippen LogP contribution in [0.15, 0.2) is 23.1 Å². The largest absolute Gasteiger partial charge is 0.327 e. The molecule has 0 saturated heterocycles. The highest BCUT2D eigenvalue weighted by molar-refractivity contribution is 7.89. The molecule has 0 aliphatic rings. The summed E-state index contributed by atoms with van der Waals surface area (Å²) in [4.78, 5) is -0.969. The maximum atomic E-state index is 13.3. The summed E-state index contributed by atoms with van der Waals surface area (Å²) in [5.74, 6) is -2.25. The van der Waals surface area contributed by atoms with Crippen LogP contribution < -0.4 is 10.5 Å². The Morgan fingerprint density at radius 1 is 1.35 bits per heavy atom. The van der Waals surface area contributed by atoms with Crippen molar-refractivity contribution >= 4 is 10.0 Å². The highest BCUT2D eigenvalue weighted by Gasteiger charge is 2.23. The van der Waals surface area contributed by atoms with Gasteiger partial charge in [-0.1, -0.05) is 13.0 Å². The van der Waals surface area contributed by atoms with Gasteiger partial charge in [0.25, 0.3) is 0 Å². The molecule has 1 rings (SSSR count). The minimum absolute atomic E-state index is 0.0629. The van der Waals surface area contributed by atoms with Crippen LogP contribution in [0.4, 0.5) is 8.78 Å². The fourth-order valence-corrected chi connectivity index (χ4v) is 2.40. The molecular formula is C10H14F2N2O2S. The molecule has 0 heterocycles. The van der Waals surface area contributed by atoms with Gasteiger partial charge in [-0.15, -0.1) is 0 Å². The van der Waals surface area contributed by atoms with Gasteiger partial charge in [0.05, 0.1) is 0 Å². The van der Waals surface area contributed by atoms with E-state index < -0.39 is 26.6 Å². The van der Waals surface area contributed by atoms with Gasteiger partial charge in [-0.3, -0.25) is 0 Å². The van der Waals surface area contributed by atoms with E-state index >= 15 is 0 Å². The molecule has 96 valence electrons. The molecule has 0 radical (unpaired) electrons. The van der Waals surface area contributed by atoms with E-state index in [4.69, 9.17) is 5.73 Å². The minimum Gasteiger partial charge on any atom is -0.327 e. The number of hydrogen-bond acceptors (Lipinski definition) is 3. The Balaban J connectivity index is 2.98. The molecule has 1 atom stereocenters. The molecule has 0 aliphatic heterocycles. The SMILES string of the molecule is CCC(N)CNS(=O)(=O)c1c(F)cccc1F. The number of rotatable bonds is 5. The van der Waals surface area contributed by atoms with Crippen molar-refractivity contribution in [3.63, 3.8) is 0 Å². The molecule has 0 aliphatic carbocycles. The van der Waals surface area contributed by atoms with Crippen molar-refractivity contribution < 1.29 is 17.2 Å². The van der Waals surface area contributed by atoms with Crippen LogP contribution in [0, 0.1) is 11.6 Å². The third-order valence-corrected chi connectivity index (χ3v) is 3.72. The van der Waals surface area contributed by atoms with E-state index in [9.17, 15) is 17.2 Å². The lowest BCUT2D eigenvalue weighted by molar-refractivity contribution is 0.510. The van der Waals surface area contributed by atoms with Gasteiger partial charge in [0.15, 0.2) is 4.90 Å². The molecule has 7 heteroatoms. The van der Waals surface area contributed by atoms with E-state index in [1.165, 1.54) is 0 Å². The van der Waals surface area contributed by atoms with Crippen molar-refractivity contribution in [2.24, 2.45) is 5.73 Å². The van der Waals surface area contributed by atoms with Crippen LogP contribution in [0.5, 0.6) is 0 Å². The number of hydrogen-bond donors (Lipinski definition) is 2. The maximum absolute atomic E-state index is 13.3. The van der Waals surface area contributed by atoms with Gasteiger partial charge in [-0.2, -0.15) is 0 Å². The Labute approximate surface area is 98.9 Å². The maximum Gasteiger partial charge on any atom is 0.246 e. The Morgan fingerprint density at radius 2 is 1.88 bits per heavy atom. The van der Waals surface area contributed by atoms with Crippen LogP contribution in [0.3, 0.4) is 0 Å². The third kappa shape index (κ3) is 3.45. The average Bonchev–Trinajstić information content (AvgIpc) is 2.25. The van der Waals surface area contributed by atoms with Crippen LogP contribution in [-0.4, -0.2) is 21.0 Å². The normalized spacial score (nSPS) is 13.6. The summed E-state index contributed by atoms with van der Waals surface area (Å²) in [5.41, 5.74) is 5.52. The Bertz CT molecular complexity index is 471. The number of nitrogens with two attached hydrogens (primary N) is 1. The number of benzene rings is 1. The lowest BCUT2D eigenvalue weighted by atomic mass is 10.2. The molecule has 3 N–H and O–H groups in total. The molecule has 0 bridgehead atoms. The minimum atomic E-state index is -4.21. The molecule has 1 aromatic carbocycles. The zero-order chi connectivity index (χ0) is 13.1. The van der Waals surface area contributed by atoms with E-state index in [-0.39, 0.29) is 12.6 Å². The molecular weight excluding hydrogens is 250 g/mol. The number of halogens is 2. The first kappa shape index (κ1) is 14.0. The van der Waals surface area contributed by atoms with Gasteiger partial charge in [-0.05, 0) is 18.6 Å². The van der Waals surface area contributed by atoms with Crippen molar-refractivity contribution in [3.8, 4) is 0 Å². The van der Waals surface area contributed by atoms with Crippen LogP contribution in [-0.2, 0) is 10.0 Å². The second kappa shape index (κ2) is 5.52. The molecule has 1 aromatic rings. The average molecular weight is 264 g/mol. The third-order valence-electron chi connectivity index (χ3n) is 2.25. The summed E-state index contributed by atoms with van der Waals surface area (Å²) in [7, 11) is -4.21. The summed E-state index contributed by atoms with van der Waals surface area (Å²) in [6.45, 7) is 1.72. The van der Waals surface area contributed by atoms with Gasteiger partial charge < -0.3 is 5.73 Å².